The van der Waals surface area contributed by atoms with Crippen molar-refractivity contribution in [2.75, 3.05) is 26.2 Å². The van der Waals surface area contributed by atoms with Gasteiger partial charge in [0.1, 0.15) is 12.2 Å². The summed E-state index contributed by atoms with van der Waals surface area (Å²) in [6.07, 6.45) is 1.19. The lowest BCUT2D eigenvalue weighted by Gasteiger charge is -2.34. The monoisotopic (exact) mass is 373 g/mol. The fraction of sp³-hybridized carbons (Fsp3) is 0.316. The third-order valence-electron chi connectivity index (χ3n) is 4.37. The van der Waals surface area contributed by atoms with E-state index in [0.717, 1.165) is 5.56 Å². The fourth-order valence-corrected chi connectivity index (χ4v) is 2.83. The molecule has 2 heterocycles. The summed E-state index contributed by atoms with van der Waals surface area (Å²) < 4.78 is 18.0. The van der Waals surface area contributed by atoms with Gasteiger partial charge >= 0.3 is 0 Å². The lowest BCUT2D eigenvalue weighted by Crippen LogP contribution is -2.51. The maximum atomic E-state index is 12.9. The summed E-state index contributed by atoms with van der Waals surface area (Å²) in [6, 6.07) is 9.04. The van der Waals surface area contributed by atoms with E-state index in [1.807, 2.05) is 0 Å². The first-order chi connectivity index (χ1) is 13.0. The van der Waals surface area contributed by atoms with Crippen molar-refractivity contribution in [3.05, 3.63) is 59.8 Å². The molecule has 0 unspecified atom stereocenters. The molecule has 1 aromatic heterocycles. The number of carbonyl (C=O) groups is 3. The zero-order valence-electron chi connectivity index (χ0n) is 14.7. The molecule has 0 radical (unpaired) electrons. The van der Waals surface area contributed by atoms with Crippen LogP contribution in [0, 0.1) is 5.82 Å². The minimum atomic E-state index is -0.390. The number of furan rings is 1. The average Bonchev–Trinajstić information content (AvgIpc) is 3.22. The smallest absolute Gasteiger partial charge is 0.289 e. The standard InChI is InChI=1S/C19H20FN3O4/c20-15-5-3-14(4-6-15)13-21-17(24)12-18(25)22-7-9-23(10-8-22)19(26)16-2-1-11-27-16/h1-6,11H,7-10,12-13H2,(H,21,24). The molecule has 1 aromatic carbocycles. The van der Waals surface area contributed by atoms with Crippen molar-refractivity contribution in [1.29, 1.82) is 0 Å². The molecule has 0 aliphatic carbocycles. The molecule has 8 heteroatoms. The van der Waals surface area contributed by atoms with Crippen molar-refractivity contribution in [2.24, 2.45) is 0 Å². The number of carbonyl (C=O) groups excluding carboxylic acids is 3. The van der Waals surface area contributed by atoms with Gasteiger partial charge in [0.15, 0.2) is 5.76 Å². The Morgan fingerprint density at radius 3 is 2.30 bits per heavy atom. The molecule has 1 aliphatic rings. The SMILES string of the molecule is O=C(CC(=O)N1CCN(C(=O)c2ccco2)CC1)NCc1ccc(F)cc1. The van der Waals surface area contributed by atoms with E-state index in [9.17, 15) is 18.8 Å². The number of piperazine rings is 1. The fourth-order valence-electron chi connectivity index (χ4n) is 2.83. The predicted octanol–water partition coefficient (Wildman–Crippen LogP) is 1.41. The highest BCUT2D eigenvalue weighted by Gasteiger charge is 2.26. The van der Waals surface area contributed by atoms with Crippen molar-refractivity contribution in [3.63, 3.8) is 0 Å². The maximum Gasteiger partial charge on any atom is 0.289 e. The number of nitrogens with one attached hydrogen (secondary N) is 1. The van der Waals surface area contributed by atoms with Crippen LogP contribution in [0.15, 0.2) is 47.1 Å². The molecule has 1 aliphatic heterocycles. The van der Waals surface area contributed by atoms with Gasteiger partial charge in [0.2, 0.25) is 11.8 Å². The minimum absolute atomic E-state index is 0.205. The second-order valence-electron chi connectivity index (χ2n) is 6.23. The van der Waals surface area contributed by atoms with Gasteiger partial charge in [0.05, 0.1) is 6.26 Å². The number of rotatable bonds is 5. The largest absolute Gasteiger partial charge is 0.459 e. The van der Waals surface area contributed by atoms with E-state index in [4.69, 9.17) is 4.42 Å². The third kappa shape index (κ3) is 4.93. The van der Waals surface area contributed by atoms with Crippen molar-refractivity contribution in [2.45, 2.75) is 13.0 Å². The average molecular weight is 373 g/mol. The molecule has 0 atom stereocenters. The molecular weight excluding hydrogens is 353 g/mol. The molecule has 1 fully saturated rings. The van der Waals surface area contributed by atoms with E-state index in [2.05, 4.69) is 5.32 Å². The number of benzene rings is 1. The third-order valence-corrected chi connectivity index (χ3v) is 4.37. The minimum Gasteiger partial charge on any atom is -0.459 e. The molecule has 142 valence electrons. The van der Waals surface area contributed by atoms with Gasteiger partial charge in [-0.25, -0.2) is 4.39 Å². The molecule has 27 heavy (non-hydrogen) atoms. The van der Waals surface area contributed by atoms with Gasteiger partial charge < -0.3 is 19.5 Å². The molecule has 2 aromatic rings. The highest BCUT2D eigenvalue weighted by Crippen LogP contribution is 2.10. The Kier molecular flexibility index (Phi) is 5.85. The molecule has 1 saturated heterocycles. The lowest BCUT2D eigenvalue weighted by molar-refractivity contribution is -0.137. The lowest BCUT2D eigenvalue weighted by atomic mass is 10.2. The summed E-state index contributed by atoms with van der Waals surface area (Å²) in [4.78, 5) is 39.6. The van der Waals surface area contributed by atoms with Crippen molar-refractivity contribution in [3.8, 4) is 0 Å². The van der Waals surface area contributed by atoms with Gasteiger partial charge in [0.25, 0.3) is 5.91 Å². The van der Waals surface area contributed by atoms with E-state index < -0.39 is 5.91 Å². The van der Waals surface area contributed by atoms with Crippen molar-refractivity contribution >= 4 is 17.7 Å². The van der Waals surface area contributed by atoms with E-state index in [0.29, 0.717) is 26.2 Å². The van der Waals surface area contributed by atoms with Gasteiger partial charge in [-0.2, -0.15) is 0 Å². The zero-order valence-corrected chi connectivity index (χ0v) is 14.7. The topological polar surface area (TPSA) is 82.9 Å². The van der Waals surface area contributed by atoms with E-state index in [-0.39, 0.29) is 36.4 Å². The van der Waals surface area contributed by atoms with Crippen LogP contribution in [-0.4, -0.2) is 53.7 Å². The Balaban J connectivity index is 1.41. The summed E-state index contributed by atoms with van der Waals surface area (Å²) >= 11 is 0. The highest BCUT2D eigenvalue weighted by atomic mass is 19.1. The summed E-state index contributed by atoms with van der Waals surface area (Å²) in [5.41, 5.74) is 0.752. The number of hydrogen-bond donors (Lipinski definition) is 1. The van der Waals surface area contributed by atoms with Crippen LogP contribution in [0.25, 0.3) is 0 Å². The van der Waals surface area contributed by atoms with Crippen LogP contribution in [0.4, 0.5) is 4.39 Å². The van der Waals surface area contributed by atoms with Crippen LogP contribution in [0.5, 0.6) is 0 Å². The Morgan fingerprint density at radius 1 is 1.00 bits per heavy atom. The van der Waals surface area contributed by atoms with Crippen molar-refractivity contribution < 1.29 is 23.2 Å². The quantitative estimate of drug-likeness (QED) is 0.804. The molecule has 0 saturated carbocycles. The van der Waals surface area contributed by atoms with Crippen LogP contribution in [-0.2, 0) is 16.1 Å². The first-order valence-electron chi connectivity index (χ1n) is 8.64. The Labute approximate surface area is 155 Å². The van der Waals surface area contributed by atoms with Crippen LogP contribution < -0.4 is 5.32 Å². The molecule has 1 N–H and O–H groups in total. The van der Waals surface area contributed by atoms with Gasteiger partial charge in [-0.3, -0.25) is 14.4 Å². The van der Waals surface area contributed by atoms with Crippen molar-refractivity contribution in [1.82, 2.24) is 15.1 Å². The summed E-state index contributed by atoms with van der Waals surface area (Å²) in [5.74, 6) is -0.945. The highest BCUT2D eigenvalue weighted by molar-refractivity contribution is 5.97. The van der Waals surface area contributed by atoms with Crippen LogP contribution >= 0.6 is 0 Å². The Morgan fingerprint density at radius 2 is 1.67 bits per heavy atom. The number of nitrogens with zero attached hydrogens (tertiary/aromatic N) is 2. The summed E-state index contributed by atoms with van der Waals surface area (Å²) in [6.45, 7) is 1.76. The van der Waals surface area contributed by atoms with E-state index >= 15 is 0 Å². The molecule has 0 bridgehead atoms. The van der Waals surface area contributed by atoms with Crippen LogP contribution in [0.1, 0.15) is 22.5 Å². The van der Waals surface area contributed by atoms with Gasteiger partial charge in [-0.05, 0) is 29.8 Å². The Hall–Kier alpha value is -3.16. The zero-order chi connectivity index (χ0) is 19.2. The second kappa shape index (κ2) is 8.48. The predicted molar refractivity (Wildman–Crippen MR) is 94.1 cm³/mol. The molecular formula is C19H20FN3O4. The number of amides is 3. The molecule has 0 spiro atoms. The van der Waals surface area contributed by atoms with Gasteiger partial charge in [0, 0.05) is 32.7 Å². The summed E-state index contributed by atoms with van der Waals surface area (Å²) in [7, 11) is 0. The van der Waals surface area contributed by atoms with Gasteiger partial charge in [-0.15, -0.1) is 0 Å². The van der Waals surface area contributed by atoms with E-state index in [1.54, 1.807) is 34.1 Å². The van der Waals surface area contributed by atoms with Gasteiger partial charge in [-0.1, -0.05) is 12.1 Å². The molecule has 3 rings (SSSR count). The van der Waals surface area contributed by atoms with Crippen LogP contribution in [0.2, 0.25) is 0 Å². The second-order valence-corrected chi connectivity index (χ2v) is 6.23. The number of halogens is 1. The maximum absolute atomic E-state index is 12.9. The number of hydrogen-bond acceptors (Lipinski definition) is 4. The molecule has 7 nitrogen and oxygen atoms in total. The normalized spacial score (nSPS) is 14.1. The first-order valence-corrected chi connectivity index (χ1v) is 8.64. The molecule has 3 amide bonds. The first kappa shape index (κ1) is 18.6. The van der Waals surface area contributed by atoms with E-state index in [1.165, 1.54) is 18.4 Å². The van der Waals surface area contributed by atoms with Crippen LogP contribution in [0.3, 0.4) is 0 Å². The summed E-state index contributed by atoms with van der Waals surface area (Å²) in [5, 5.41) is 2.65. The Bertz CT molecular complexity index is 797.